The van der Waals surface area contributed by atoms with E-state index >= 15 is 0 Å². The van der Waals surface area contributed by atoms with Crippen LogP contribution < -0.4 is 10.4 Å². The topological polar surface area (TPSA) is 65.7 Å². The summed E-state index contributed by atoms with van der Waals surface area (Å²) in [6.45, 7) is 7.49. The molecule has 0 unspecified atom stereocenters. The zero-order chi connectivity index (χ0) is 16.8. The third-order valence-corrected chi connectivity index (χ3v) is 3.25. The van der Waals surface area contributed by atoms with Gasteiger partial charge in [0.25, 0.3) is 0 Å². The number of esters is 1. The normalized spacial score (nSPS) is 10.5. The number of carbonyl (C=O) groups is 1. The Balaban J connectivity index is 2.07. The molecule has 0 spiro atoms. The number of rotatable bonds is 7. The molecule has 2 aromatic rings. The molecule has 0 saturated carbocycles. The maximum Gasteiger partial charge on any atom is 0.336 e. The Morgan fingerprint density at radius 2 is 2.04 bits per heavy atom. The number of hydrogen-bond donors (Lipinski definition) is 0. The van der Waals surface area contributed by atoms with E-state index in [1.54, 1.807) is 13.0 Å². The Morgan fingerprint density at radius 1 is 1.26 bits per heavy atom. The van der Waals surface area contributed by atoms with Gasteiger partial charge in [-0.25, -0.2) is 9.59 Å². The van der Waals surface area contributed by atoms with Crippen molar-refractivity contribution in [2.24, 2.45) is 0 Å². The second-order valence-corrected chi connectivity index (χ2v) is 5.26. The highest BCUT2D eigenvalue weighted by Gasteiger charge is 2.07. The fourth-order valence-corrected chi connectivity index (χ4v) is 2.19. The summed E-state index contributed by atoms with van der Waals surface area (Å²) >= 11 is 0. The summed E-state index contributed by atoms with van der Waals surface area (Å²) in [6.07, 6.45) is 1.77. The van der Waals surface area contributed by atoms with Crippen molar-refractivity contribution < 1.29 is 18.7 Å². The molecule has 0 N–H and O–H groups in total. The van der Waals surface area contributed by atoms with Crippen LogP contribution in [0.5, 0.6) is 5.75 Å². The van der Waals surface area contributed by atoms with Gasteiger partial charge < -0.3 is 13.9 Å². The average Bonchev–Trinajstić information content (AvgIpc) is 2.51. The molecule has 23 heavy (non-hydrogen) atoms. The minimum atomic E-state index is -0.442. The monoisotopic (exact) mass is 316 g/mol. The molecule has 0 amide bonds. The van der Waals surface area contributed by atoms with Gasteiger partial charge >= 0.3 is 11.6 Å². The fraction of sp³-hybridized carbons (Fsp3) is 0.333. The Labute approximate surface area is 134 Å². The van der Waals surface area contributed by atoms with Crippen molar-refractivity contribution in [2.45, 2.75) is 26.7 Å². The molecule has 5 nitrogen and oxygen atoms in total. The van der Waals surface area contributed by atoms with Gasteiger partial charge in [0.1, 0.15) is 24.5 Å². The number of hydrogen-bond acceptors (Lipinski definition) is 5. The van der Waals surface area contributed by atoms with E-state index in [9.17, 15) is 9.59 Å². The molecule has 0 saturated heterocycles. The Morgan fingerprint density at radius 3 is 2.74 bits per heavy atom. The van der Waals surface area contributed by atoms with Crippen LogP contribution in [0.2, 0.25) is 0 Å². The van der Waals surface area contributed by atoms with Gasteiger partial charge in [-0.05, 0) is 31.0 Å². The van der Waals surface area contributed by atoms with Crippen LogP contribution in [0.25, 0.3) is 11.0 Å². The molecule has 0 radical (unpaired) electrons. The molecule has 0 aliphatic rings. The van der Waals surface area contributed by atoms with Gasteiger partial charge in [-0.15, -0.1) is 0 Å². The number of aryl methyl sites for hydroxylation is 1. The van der Waals surface area contributed by atoms with Crippen LogP contribution in [0.1, 0.15) is 25.8 Å². The number of carbonyl (C=O) groups excluding carboxylic acids is 1. The first-order chi connectivity index (χ1) is 11.0. The van der Waals surface area contributed by atoms with Gasteiger partial charge in [-0.2, -0.15) is 0 Å². The maximum atomic E-state index is 11.6. The largest absolute Gasteiger partial charge is 0.490 e. The Kier molecular flexibility index (Phi) is 5.57. The van der Waals surface area contributed by atoms with Crippen LogP contribution in [0.15, 0.2) is 45.6 Å². The molecule has 122 valence electrons. The molecule has 1 aromatic carbocycles. The van der Waals surface area contributed by atoms with E-state index in [-0.39, 0.29) is 18.8 Å². The molecule has 0 bridgehead atoms. The van der Waals surface area contributed by atoms with E-state index < -0.39 is 5.97 Å². The smallest absolute Gasteiger partial charge is 0.336 e. The van der Waals surface area contributed by atoms with Gasteiger partial charge in [0.15, 0.2) is 0 Å². The minimum Gasteiger partial charge on any atom is -0.490 e. The zero-order valence-electron chi connectivity index (χ0n) is 13.4. The third kappa shape index (κ3) is 4.45. The second kappa shape index (κ2) is 7.63. The first-order valence-corrected chi connectivity index (χ1v) is 7.53. The molecule has 1 heterocycles. The highest BCUT2D eigenvalue weighted by Crippen LogP contribution is 2.23. The standard InChI is InChI=1S/C18H20O5/c1-4-5-13-10-17(19)23-16-11-14(6-7-15(13)16)21-8-9-22-18(20)12(2)3/h6-7,10-11H,2,4-5,8-9H2,1,3H3. The van der Waals surface area contributed by atoms with E-state index in [4.69, 9.17) is 13.9 Å². The van der Waals surface area contributed by atoms with Crippen LogP contribution in [0, 0.1) is 0 Å². The fourth-order valence-electron chi connectivity index (χ4n) is 2.19. The van der Waals surface area contributed by atoms with Crippen molar-refractivity contribution in [1.82, 2.24) is 0 Å². The van der Waals surface area contributed by atoms with Crippen molar-refractivity contribution in [1.29, 1.82) is 0 Å². The van der Waals surface area contributed by atoms with E-state index in [1.807, 2.05) is 12.1 Å². The van der Waals surface area contributed by atoms with Crippen molar-refractivity contribution in [3.8, 4) is 5.75 Å². The van der Waals surface area contributed by atoms with E-state index in [2.05, 4.69) is 13.5 Å². The SMILES string of the molecule is C=C(C)C(=O)OCCOc1ccc2c(CCC)cc(=O)oc2c1. The van der Waals surface area contributed by atoms with Crippen molar-refractivity contribution in [3.63, 3.8) is 0 Å². The summed E-state index contributed by atoms with van der Waals surface area (Å²) < 4.78 is 15.7. The lowest BCUT2D eigenvalue weighted by Crippen LogP contribution is -2.12. The van der Waals surface area contributed by atoms with Crippen LogP contribution in [-0.4, -0.2) is 19.2 Å². The van der Waals surface area contributed by atoms with Crippen molar-refractivity contribution in [2.75, 3.05) is 13.2 Å². The Bertz CT molecular complexity index is 773. The van der Waals surface area contributed by atoms with E-state index in [0.29, 0.717) is 16.9 Å². The maximum absolute atomic E-state index is 11.6. The predicted molar refractivity (Wildman–Crippen MR) is 87.7 cm³/mol. The van der Waals surface area contributed by atoms with Crippen molar-refractivity contribution >= 4 is 16.9 Å². The van der Waals surface area contributed by atoms with Gasteiger partial charge in [0.2, 0.25) is 0 Å². The number of ether oxygens (including phenoxy) is 2. The van der Waals surface area contributed by atoms with Crippen LogP contribution in [0.4, 0.5) is 0 Å². The summed E-state index contributed by atoms with van der Waals surface area (Å²) in [5, 5.41) is 0.910. The molecule has 1 aromatic heterocycles. The van der Waals surface area contributed by atoms with Gasteiger partial charge in [-0.3, -0.25) is 0 Å². The molecular formula is C18H20O5. The lowest BCUT2D eigenvalue weighted by atomic mass is 10.1. The van der Waals surface area contributed by atoms with Crippen LogP contribution in [-0.2, 0) is 16.0 Å². The quantitative estimate of drug-likeness (QED) is 0.339. The lowest BCUT2D eigenvalue weighted by Gasteiger charge is -2.09. The molecule has 0 aliphatic heterocycles. The summed E-state index contributed by atoms with van der Waals surface area (Å²) in [5.74, 6) is 0.114. The molecule has 0 aliphatic carbocycles. The number of benzene rings is 1. The molecular weight excluding hydrogens is 296 g/mol. The Hall–Kier alpha value is -2.56. The highest BCUT2D eigenvalue weighted by molar-refractivity contribution is 5.86. The first-order valence-electron chi connectivity index (χ1n) is 7.53. The van der Waals surface area contributed by atoms with Crippen molar-refractivity contribution in [3.05, 3.63) is 52.4 Å². The third-order valence-electron chi connectivity index (χ3n) is 3.25. The van der Waals surface area contributed by atoms with Crippen LogP contribution in [0.3, 0.4) is 0 Å². The van der Waals surface area contributed by atoms with E-state index in [1.165, 1.54) is 6.07 Å². The molecule has 0 fully saturated rings. The van der Waals surface area contributed by atoms with Gasteiger partial charge in [0.05, 0.1) is 0 Å². The minimum absolute atomic E-state index is 0.129. The van der Waals surface area contributed by atoms with Gasteiger partial charge in [0, 0.05) is 23.1 Å². The second-order valence-electron chi connectivity index (χ2n) is 5.26. The van der Waals surface area contributed by atoms with Gasteiger partial charge in [-0.1, -0.05) is 19.9 Å². The van der Waals surface area contributed by atoms with E-state index in [0.717, 1.165) is 23.8 Å². The molecule has 5 heteroatoms. The zero-order valence-corrected chi connectivity index (χ0v) is 13.4. The first kappa shape index (κ1) is 16.8. The predicted octanol–water partition coefficient (Wildman–Crippen LogP) is 3.24. The summed E-state index contributed by atoms with van der Waals surface area (Å²) in [4.78, 5) is 22.9. The highest BCUT2D eigenvalue weighted by atomic mass is 16.6. The lowest BCUT2D eigenvalue weighted by molar-refractivity contribution is -0.139. The molecule has 0 atom stereocenters. The summed E-state index contributed by atoms with van der Waals surface area (Å²) in [7, 11) is 0. The number of fused-ring (bicyclic) bond motifs is 1. The molecule has 2 rings (SSSR count). The average molecular weight is 316 g/mol. The summed E-state index contributed by atoms with van der Waals surface area (Å²) in [6, 6.07) is 6.89. The summed E-state index contributed by atoms with van der Waals surface area (Å²) in [5.41, 5.74) is 1.45. The van der Waals surface area contributed by atoms with Crippen LogP contribution >= 0.6 is 0 Å².